The van der Waals surface area contributed by atoms with Gasteiger partial charge < -0.3 is 5.32 Å². The third kappa shape index (κ3) is 3.56. The Morgan fingerprint density at radius 3 is 2.83 bits per heavy atom. The van der Waals surface area contributed by atoms with Gasteiger partial charge >= 0.3 is 0 Å². The Balaban J connectivity index is 2.02. The van der Waals surface area contributed by atoms with Gasteiger partial charge in [-0.1, -0.05) is 31.2 Å². The highest BCUT2D eigenvalue weighted by molar-refractivity contribution is 5.25. The molecule has 1 atom stereocenters. The lowest BCUT2D eigenvalue weighted by Gasteiger charge is -2.30. The molecule has 1 fully saturated rings. The number of hydrogen-bond acceptors (Lipinski definition) is 2. The van der Waals surface area contributed by atoms with E-state index in [0.717, 1.165) is 19.1 Å². The van der Waals surface area contributed by atoms with E-state index in [1.54, 1.807) is 0 Å². The summed E-state index contributed by atoms with van der Waals surface area (Å²) in [4.78, 5) is 2.65. The molecule has 1 N–H and O–H groups in total. The van der Waals surface area contributed by atoms with Gasteiger partial charge in [0.25, 0.3) is 0 Å². The van der Waals surface area contributed by atoms with Gasteiger partial charge in [0.05, 0.1) is 0 Å². The van der Waals surface area contributed by atoms with Crippen LogP contribution in [0.3, 0.4) is 0 Å². The van der Waals surface area contributed by atoms with E-state index < -0.39 is 0 Å². The maximum absolute atomic E-state index is 3.50. The molecule has 0 aromatic heterocycles. The van der Waals surface area contributed by atoms with Crippen molar-refractivity contribution in [2.24, 2.45) is 0 Å². The molecule has 100 valence electrons. The molecule has 0 bridgehead atoms. The van der Waals surface area contributed by atoms with Crippen LogP contribution in [-0.4, -0.2) is 30.6 Å². The molecule has 0 saturated carbocycles. The van der Waals surface area contributed by atoms with Crippen LogP contribution in [0.2, 0.25) is 0 Å². The molecule has 1 heterocycles. The summed E-state index contributed by atoms with van der Waals surface area (Å²) in [6.45, 7) is 9.13. The number of nitrogens with one attached hydrogen (secondary N) is 1. The molecule has 1 aromatic rings. The average molecular weight is 246 g/mol. The third-order valence-corrected chi connectivity index (χ3v) is 4.10. The van der Waals surface area contributed by atoms with Gasteiger partial charge in [0, 0.05) is 12.6 Å². The fourth-order valence-electron chi connectivity index (χ4n) is 2.87. The molecule has 2 heteroatoms. The van der Waals surface area contributed by atoms with Crippen LogP contribution in [0.4, 0.5) is 0 Å². The van der Waals surface area contributed by atoms with Crippen LogP contribution in [0.1, 0.15) is 37.3 Å². The molecule has 0 radical (unpaired) electrons. The lowest BCUT2D eigenvalue weighted by molar-refractivity contribution is 0.182. The van der Waals surface area contributed by atoms with Gasteiger partial charge in [-0.05, 0) is 56.9 Å². The van der Waals surface area contributed by atoms with Gasteiger partial charge in [0.2, 0.25) is 0 Å². The first-order valence-corrected chi connectivity index (χ1v) is 7.30. The molecule has 2 nitrogen and oxygen atoms in total. The zero-order valence-corrected chi connectivity index (χ0v) is 11.8. The van der Waals surface area contributed by atoms with Gasteiger partial charge in [0.15, 0.2) is 0 Å². The number of aryl methyl sites for hydroxylation is 1. The largest absolute Gasteiger partial charge is 0.317 e. The average Bonchev–Trinajstić information content (AvgIpc) is 2.67. The standard InChI is InChI=1S/C16H26N2/c1-3-18(16-9-6-11-17-12-10-16)13-15-8-5-4-7-14(15)2/h4-5,7-8,16-17H,3,6,9-13H2,1-2H3. The van der Waals surface area contributed by atoms with Gasteiger partial charge in [-0.2, -0.15) is 0 Å². The van der Waals surface area contributed by atoms with Crippen LogP contribution in [-0.2, 0) is 6.54 Å². The maximum Gasteiger partial charge on any atom is 0.0239 e. The monoisotopic (exact) mass is 246 g/mol. The molecule has 1 aromatic carbocycles. The Morgan fingerprint density at radius 2 is 2.06 bits per heavy atom. The minimum Gasteiger partial charge on any atom is -0.317 e. The normalized spacial score (nSPS) is 20.9. The van der Waals surface area contributed by atoms with E-state index in [1.165, 1.54) is 43.5 Å². The first kappa shape index (κ1) is 13.6. The molecule has 2 rings (SSSR count). The molecule has 1 unspecified atom stereocenters. The van der Waals surface area contributed by atoms with Crippen molar-refractivity contribution in [3.8, 4) is 0 Å². The molecule has 0 spiro atoms. The highest BCUT2D eigenvalue weighted by Crippen LogP contribution is 2.18. The van der Waals surface area contributed by atoms with Crippen molar-refractivity contribution >= 4 is 0 Å². The lowest BCUT2D eigenvalue weighted by atomic mass is 10.0. The summed E-state index contributed by atoms with van der Waals surface area (Å²) >= 11 is 0. The Morgan fingerprint density at radius 1 is 1.22 bits per heavy atom. The van der Waals surface area contributed by atoms with E-state index in [9.17, 15) is 0 Å². The van der Waals surface area contributed by atoms with Crippen LogP contribution >= 0.6 is 0 Å². The smallest absolute Gasteiger partial charge is 0.0239 e. The van der Waals surface area contributed by atoms with E-state index in [-0.39, 0.29) is 0 Å². The van der Waals surface area contributed by atoms with Crippen molar-refractivity contribution in [2.75, 3.05) is 19.6 Å². The van der Waals surface area contributed by atoms with Crippen LogP contribution in [0.15, 0.2) is 24.3 Å². The highest BCUT2D eigenvalue weighted by atomic mass is 15.2. The zero-order valence-electron chi connectivity index (χ0n) is 11.8. The molecule has 1 aliphatic heterocycles. The van der Waals surface area contributed by atoms with Crippen LogP contribution in [0, 0.1) is 6.92 Å². The van der Waals surface area contributed by atoms with Crippen LogP contribution < -0.4 is 5.32 Å². The van der Waals surface area contributed by atoms with Crippen molar-refractivity contribution in [1.82, 2.24) is 10.2 Å². The fourth-order valence-corrected chi connectivity index (χ4v) is 2.87. The van der Waals surface area contributed by atoms with E-state index in [2.05, 4.69) is 48.3 Å². The van der Waals surface area contributed by atoms with Gasteiger partial charge in [-0.15, -0.1) is 0 Å². The molecular formula is C16H26N2. The molecule has 1 aliphatic rings. The Labute approximate surface area is 111 Å². The van der Waals surface area contributed by atoms with Crippen molar-refractivity contribution < 1.29 is 0 Å². The van der Waals surface area contributed by atoms with E-state index in [0.29, 0.717) is 0 Å². The molecule has 1 saturated heterocycles. The second-order valence-corrected chi connectivity index (χ2v) is 5.32. The van der Waals surface area contributed by atoms with Crippen molar-refractivity contribution in [3.05, 3.63) is 35.4 Å². The second-order valence-electron chi connectivity index (χ2n) is 5.32. The molecule has 0 aliphatic carbocycles. The topological polar surface area (TPSA) is 15.3 Å². The van der Waals surface area contributed by atoms with E-state index in [1.807, 2.05) is 0 Å². The summed E-state index contributed by atoms with van der Waals surface area (Å²) in [5.74, 6) is 0. The number of hydrogen-bond donors (Lipinski definition) is 1. The molecule has 0 amide bonds. The Kier molecular flexibility index (Phi) is 5.21. The van der Waals surface area contributed by atoms with Crippen LogP contribution in [0.25, 0.3) is 0 Å². The van der Waals surface area contributed by atoms with Crippen LogP contribution in [0.5, 0.6) is 0 Å². The van der Waals surface area contributed by atoms with Gasteiger partial charge in [0.1, 0.15) is 0 Å². The van der Waals surface area contributed by atoms with Crippen molar-refractivity contribution in [3.63, 3.8) is 0 Å². The summed E-state index contributed by atoms with van der Waals surface area (Å²) in [5.41, 5.74) is 2.90. The number of nitrogens with zero attached hydrogens (tertiary/aromatic N) is 1. The second kappa shape index (κ2) is 6.91. The summed E-state index contributed by atoms with van der Waals surface area (Å²) in [5, 5.41) is 3.50. The molecular weight excluding hydrogens is 220 g/mol. The van der Waals surface area contributed by atoms with Crippen molar-refractivity contribution in [1.29, 1.82) is 0 Å². The highest BCUT2D eigenvalue weighted by Gasteiger charge is 2.19. The SMILES string of the molecule is CCN(Cc1ccccc1C)C1CCCNCC1. The van der Waals surface area contributed by atoms with Gasteiger partial charge in [-0.3, -0.25) is 4.90 Å². The summed E-state index contributed by atoms with van der Waals surface area (Å²) in [6, 6.07) is 9.53. The van der Waals surface area contributed by atoms with Crippen molar-refractivity contribution in [2.45, 2.75) is 45.7 Å². The quantitative estimate of drug-likeness (QED) is 0.878. The van der Waals surface area contributed by atoms with E-state index >= 15 is 0 Å². The first-order valence-electron chi connectivity index (χ1n) is 7.30. The summed E-state index contributed by atoms with van der Waals surface area (Å²) in [6.07, 6.45) is 3.95. The minimum atomic E-state index is 0.754. The maximum atomic E-state index is 3.50. The summed E-state index contributed by atoms with van der Waals surface area (Å²) < 4.78 is 0. The minimum absolute atomic E-state index is 0.754. The number of benzene rings is 1. The Bertz CT molecular complexity index is 354. The Hall–Kier alpha value is -0.860. The van der Waals surface area contributed by atoms with E-state index in [4.69, 9.17) is 0 Å². The zero-order chi connectivity index (χ0) is 12.8. The fraction of sp³-hybridized carbons (Fsp3) is 0.625. The first-order chi connectivity index (χ1) is 8.81. The predicted octanol–water partition coefficient (Wildman–Crippen LogP) is 2.96. The molecule has 18 heavy (non-hydrogen) atoms. The predicted molar refractivity (Wildman–Crippen MR) is 77.8 cm³/mol. The number of rotatable bonds is 4. The van der Waals surface area contributed by atoms with Gasteiger partial charge in [-0.25, -0.2) is 0 Å². The third-order valence-electron chi connectivity index (χ3n) is 4.10. The lowest BCUT2D eigenvalue weighted by Crippen LogP contribution is -2.35. The summed E-state index contributed by atoms with van der Waals surface area (Å²) in [7, 11) is 0.